The van der Waals surface area contributed by atoms with Crippen molar-refractivity contribution in [1.29, 1.82) is 0 Å². The van der Waals surface area contributed by atoms with Crippen molar-refractivity contribution in [3.8, 4) is 0 Å². The van der Waals surface area contributed by atoms with E-state index in [0.29, 0.717) is 0 Å². The molecule has 0 aliphatic carbocycles. The van der Waals surface area contributed by atoms with E-state index in [1.807, 2.05) is 13.8 Å². The lowest BCUT2D eigenvalue weighted by atomic mass is 10.1. The van der Waals surface area contributed by atoms with Crippen LogP contribution >= 0.6 is 10.7 Å². The van der Waals surface area contributed by atoms with E-state index in [9.17, 15) is 17.6 Å². The number of hydrogen-bond acceptors (Lipinski definition) is 4. The maximum Gasteiger partial charge on any atom is 0.341 e. The third-order valence-electron chi connectivity index (χ3n) is 3.01. The second-order valence-electron chi connectivity index (χ2n) is 5.03. The summed E-state index contributed by atoms with van der Waals surface area (Å²) in [4.78, 5) is 11.6. The van der Waals surface area contributed by atoms with Crippen LogP contribution in [-0.4, -0.2) is 21.0 Å². The molecule has 4 nitrogen and oxygen atoms in total. The molecule has 0 N–H and O–H groups in total. The topological polar surface area (TPSA) is 60.4 Å². The zero-order valence-electron chi connectivity index (χ0n) is 12.2. The number of carbonyl (C=O) groups excluding carboxylic acids is 1. The minimum Gasteiger partial charge on any atom is -0.462 e. The van der Waals surface area contributed by atoms with Gasteiger partial charge in [0.15, 0.2) is 0 Å². The van der Waals surface area contributed by atoms with E-state index in [2.05, 4.69) is 0 Å². The number of carbonyl (C=O) groups is 1. The Hall–Kier alpha value is -1.14. The first-order chi connectivity index (χ1) is 9.66. The first-order valence-electron chi connectivity index (χ1n) is 6.58. The molecule has 0 saturated carbocycles. The number of benzene rings is 1. The molecule has 21 heavy (non-hydrogen) atoms. The van der Waals surface area contributed by atoms with Gasteiger partial charge in [0.2, 0.25) is 0 Å². The first kappa shape index (κ1) is 17.9. The van der Waals surface area contributed by atoms with Crippen LogP contribution in [-0.2, 0) is 13.8 Å². The summed E-state index contributed by atoms with van der Waals surface area (Å²) < 4.78 is 41.6. The van der Waals surface area contributed by atoms with Crippen LogP contribution in [0.25, 0.3) is 0 Å². The Morgan fingerprint density at radius 3 is 2.57 bits per heavy atom. The summed E-state index contributed by atoms with van der Waals surface area (Å²) in [5.41, 5.74) is -0.400. The molecule has 1 aromatic carbocycles. The van der Waals surface area contributed by atoms with Crippen LogP contribution in [0.15, 0.2) is 17.0 Å². The summed E-state index contributed by atoms with van der Waals surface area (Å²) in [6, 6.07) is 1.98. The number of hydrogen-bond donors (Lipinski definition) is 0. The summed E-state index contributed by atoms with van der Waals surface area (Å²) in [6.45, 7) is 5.44. The first-order valence-corrected chi connectivity index (χ1v) is 8.89. The second-order valence-corrected chi connectivity index (χ2v) is 7.60. The van der Waals surface area contributed by atoms with Gasteiger partial charge in [0.1, 0.15) is 5.82 Å². The fourth-order valence-electron chi connectivity index (χ4n) is 1.90. The van der Waals surface area contributed by atoms with E-state index in [1.165, 1.54) is 6.92 Å². The minimum atomic E-state index is -4.04. The molecular formula is C14H18ClFO4S. The van der Waals surface area contributed by atoms with Gasteiger partial charge in [-0.05, 0) is 37.0 Å². The SMILES string of the molecule is CCCC(C)COC(=O)c1cc(S(=O)(=O)Cl)cc(C)c1F. The van der Waals surface area contributed by atoms with E-state index < -0.39 is 26.4 Å². The highest BCUT2D eigenvalue weighted by Gasteiger charge is 2.21. The average molecular weight is 337 g/mol. The molecule has 1 atom stereocenters. The molecular weight excluding hydrogens is 319 g/mol. The molecule has 0 amide bonds. The fraction of sp³-hybridized carbons (Fsp3) is 0.500. The van der Waals surface area contributed by atoms with Gasteiger partial charge in [0.05, 0.1) is 17.1 Å². The molecule has 118 valence electrons. The Labute approximate surface area is 128 Å². The van der Waals surface area contributed by atoms with Crippen LogP contribution in [0.1, 0.15) is 42.6 Å². The quantitative estimate of drug-likeness (QED) is 0.587. The summed E-state index contributed by atoms with van der Waals surface area (Å²) >= 11 is 0. The Bertz CT molecular complexity index is 628. The van der Waals surface area contributed by atoms with Gasteiger partial charge in [0.25, 0.3) is 9.05 Å². The molecule has 1 rings (SSSR count). The van der Waals surface area contributed by atoms with Crippen LogP contribution in [0.3, 0.4) is 0 Å². The summed E-state index contributed by atoms with van der Waals surface area (Å²) in [5, 5.41) is 0. The Morgan fingerprint density at radius 2 is 2.05 bits per heavy atom. The number of aryl methyl sites for hydroxylation is 1. The largest absolute Gasteiger partial charge is 0.462 e. The smallest absolute Gasteiger partial charge is 0.341 e. The maximum atomic E-state index is 14.0. The van der Waals surface area contributed by atoms with Crippen LogP contribution in [0.4, 0.5) is 4.39 Å². The van der Waals surface area contributed by atoms with E-state index in [1.54, 1.807) is 0 Å². The van der Waals surface area contributed by atoms with Crippen molar-refractivity contribution in [3.05, 3.63) is 29.1 Å². The van der Waals surface area contributed by atoms with Crippen molar-refractivity contribution in [2.75, 3.05) is 6.61 Å². The van der Waals surface area contributed by atoms with Gasteiger partial charge in [-0.1, -0.05) is 20.3 Å². The third kappa shape index (κ3) is 4.97. The van der Waals surface area contributed by atoms with Crippen LogP contribution in [0.5, 0.6) is 0 Å². The summed E-state index contributed by atoms with van der Waals surface area (Å²) in [7, 11) is 1.19. The number of ether oxygens (including phenoxy) is 1. The number of halogens is 2. The average Bonchev–Trinajstić information content (AvgIpc) is 2.38. The Morgan fingerprint density at radius 1 is 1.43 bits per heavy atom. The lowest BCUT2D eigenvalue weighted by Crippen LogP contribution is -2.14. The molecule has 0 aliphatic heterocycles. The summed E-state index contributed by atoms with van der Waals surface area (Å²) in [6.07, 6.45) is 1.83. The van der Waals surface area contributed by atoms with Crippen LogP contribution < -0.4 is 0 Å². The predicted molar refractivity (Wildman–Crippen MR) is 78.5 cm³/mol. The lowest BCUT2D eigenvalue weighted by Gasteiger charge is -2.12. The molecule has 0 aromatic heterocycles. The zero-order chi connectivity index (χ0) is 16.2. The third-order valence-corrected chi connectivity index (χ3v) is 4.34. The Kier molecular flexibility index (Phi) is 6.16. The number of rotatable bonds is 6. The van der Waals surface area contributed by atoms with Crippen molar-refractivity contribution in [1.82, 2.24) is 0 Å². The molecule has 0 heterocycles. The van der Waals surface area contributed by atoms with Gasteiger partial charge >= 0.3 is 5.97 Å². The van der Waals surface area contributed by atoms with Gasteiger partial charge in [-0.3, -0.25) is 0 Å². The molecule has 1 unspecified atom stereocenters. The molecule has 0 saturated heterocycles. The molecule has 1 aromatic rings. The van der Waals surface area contributed by atoms with Crippen molar-refractivity contribution in [2.45, 2.75) is 38.5 Å². The van der Waals surface area contributed by atoms with Gasteiger partial charge < -0.3 is 4.74 Å². The maximum absolute atomic E-state index is 14.0. The highest BCUT2D eigenvalue weighted by molar-refractivity contribution is 8.13. The summed E-state index contributed by atoms with van der Waals surface area (Å²) in [5.74, 6) is -1.53. The van der Waals surface area contributed by atoms with E-state index in [-0.39, 0.29) is 23.0 Å². The van der Waals surface area contributed by atoms with E-state index in [0.717, 1.165) is 25.0 Å². The minimum absolute atomic E-state index is 0.0188. The normalized spacial score (nSPS) is 13.0. The molecule has 0 aliphatic rings. The highest BCUT2D eigenvalue weighted by Crippen LogP contribution is 2.23. The monoisotopic (exact) mass is 336 g/mol. The molecule has 0 spiro atoms. The standard InChI is InChI=1S/C14H18ClFO4S/c1-4-5-9(2)8-20-14(17)12-7-11(21(15,18)19)6-10(3)13(12)16/h6-7,9H,4-5,8H2,1-3H3. The molecule has 0 radical (unpaired) electrons. The molecule has 7 heteroatoms. The fourth-order valence-corrected chi connectivity index (χ4v) is 2.74. The van der Waals surface area contributed by atoms with Gasteiger partial charge in [0, 0.05) is 10.7 Å². The van der Waals surface area contributed by atoms with Crippen molar-refractivity contribution < 1.29 is 22.3 Å². The van der Waals surface area contributed by atoms with E-state index >= 15 is 0 Å². The van der Waals surface area contributed by atoms with Gasteiger partial charge in [-0.15, -0.1) is 0 Å². The van der Waals surface area contributed by atoms with E-state index in [4.69, 9.17) is 15.4 Å². The second kappa shape index (κ2) is 7.22. The van der Waals surface area contributed by atoms with Crippen LogP contribution in [0.2, 0.25) is 0 Å². The Balaban J connectivity index is 3.01. The van der Waals surface area contributed by atoms with Crippen molar-refractivity contribution >= 4 is 25.7 Å². The lowest BCUT2D eigenvalue weighted by molar-refractivity contribution is 0.0438. The highest BCUT2D eigenvalue weighted by atomic mass is 35.7. The van der Waals surface area contributed by atoms with Crippen molar-refractivity contribution in [3.63, 3.8) is 0 Å². The van der Waals surface area contributed by atoms with Crippen LogP contribution in [0, 0.1) is 18.7 Å². The number of esters is 1. The molecule has 0 fully saturated rings. The molecule has 0 bridgehead atoms. The van der Waals surface area contributed by atoms with Crippen molar-refractivity contribution in [2.24, 2.45) is 5.92 Å². The zero-order valence-corrected chi connectivity index (χ0v) is 13.7. The van der Waals surface area contributed by atoms with Gasteiger partial charge in [-0.25, -0.2) is 17.6 Å². The van der Waals surface area contributed by atoms with Gasteiger partial charge in [-0.2, -0.15) is 0 Å². The predicted octanol–water partition coefficient (Wildman–Crippen LogP) is 3.65.